The number of hydrogen-bond donors (Lipinski definition) is 1. The van der Waals surface area contributed by atoms with Gasteiger partial charge in [0.05, 0.1) is 18.1 Å². The monoisotopic (exact) mass is 321 g/mol. The number of nitro benzene ring substituents is 1. The van der Waals surface area contributed by atoms with Gasteiger partial charge < -0.3 is 10.1 Å². The van der Waals surface area contributed by atoms with Crippen molar-refractivity contribution in [3.8, 4) is 0 Å². The first kappa shape index (κ1) is 17.4. The van der Waals surface area contributed by atoms with Gasteiger partial charge in [-0.05, 0) is 26.8 Å². The van der Waals surface area contributed by atoms with E-state index in [0.29, 0.717) is 31.4 Å². The van der Waals surface area contributed by atoms with E-state index in [9.17, 15) is 14.9 Å². The molecule has 0 aliphatic carbocycles. The molecule has 1 fully saturated rings. The van der Waals surface area contributed by atoms with Crippen LogP contribution in [0.2, 0.25) is 0 Å². The number of para-hydroxylation sites is 1. The summed E-state index contributed by atoms with van der Waals surface area (Å²) in [7, 11) is 0. The first-order valence-corrected chi connectivity index (χ1v) is 7.77. The fourth-order valence-electron chi connectivity index (χ4n) is 2.93. The van der Waals surface area contributed by atoms with E-state index in [0.717, 1.165) is 6.54 Å². The summed E-state index contributed by atoms with van der Waals surface area (Å²) in [6.07, 6.45) is 0. The van der Waals surface area contributed by atoms with E-state index in [1.54, 1.807) is 19.1 Å². The topological polar surface area (TPSA) is 84.7 Å². The predicted molar refractivity (Wildman–Crippen MR) is 86.6 cm³/mol. The normalized spacial score (nSPS) is 20.0. The molecule has 1 aromatic carbocycles. The summed E-state index contributed by atoms with van der Waals surface area (Å²) in [5, 5.41) is 14.0. The first-order valence-electron chi connectivity index (χ1n) is 7.77. The second kappa shape index (κ2) is 7.52. The highest BCUT2D eigenvalue weighted by atomic mass is 16.6. The molecule has 2 rings (SSSR count). The Kier molecular flexibility index (Phi) is 5.68. The minimum Gasteiger partial charge on any atom is -0.379 e. The van der Waals surface area contributed by atoms with Crippen LogP contribution in [0.3, 0.4) is 0 Å². The molecule has 23 heavy (non-hydrogen) atoms. The van der Waals surface area contributed by atoms with Crippen molar-refractivity contribution in [3.05, 3.63) is 39.4 Å². The SMILES string of the molecule is Cc1cccc(C(=O)NC[C@H](C)N2CCOC[C@@H]2C)c1[N+](=O)[O-]. The average Bonchev–Trinajstić information content (AvgIpc) is 2.52. The number of rotatable bonds is 5. The van der Waals surface area contributed by atoms with E-state index in [1.165, 1.54) is 6.07 Å². The van der Waals surface area contributed by atoms with Crippen molar-refractivity contribution >= 4 is 11.6 Å². The number of morpholine rings is 1. The molecule has 0 aromatic heterocycles. The third kappa shape index (κ3) is 4.05. The Balaban J connectivity index is 2.02. The highest BCUT2D eigenvalue weighted by Crippen LogP contribution is 2.22. The minimum absolute atomic E-state index is 0.109. The van der Waals surface area contributed by atoms with Crippen molar-refractivity contribution < 1.29 is 14.5 Å². The predicted octanol–water partition coefficient (Wildman–Crippen LogP) is 1.74. The summed E-state index contributed by atoms with van der Waals surface area (Å²) < 4.78 is 5.41. The number of nitrogens with one attached hydrogen (secondary N) is 1. The molecule has 2 atom stereocenters. The van der Waals surface area contributed by atoms with Gasteiger partial charge in [-0.3, -0.25) is 19.8 Å². The third-order valence-electron chi connectivity index (χ3n) is 4.21. The second-order valence-corrected chi connectivity index (χ2v) is 5.95. The number of amides is 1. The van der Waals surface area contributed by atoms with Crippen LogP contribution in [0.25, 0.3) is 0 Å². The molecule has 1 aliphatic heterocycles. The van der Waals surface area contributed by atoms with Gasteiger partial charge in [0, 0.05) is 30.7 Å². The Morgan fingerprint density at radius 3 is 2.96 bits per heavy atom. The standard InChI is InChI=1S/C16H23N3O4/c1-11-5-4-6-14(15(11)19(21)22)16(20)17-9-12(2)18-7-8-23-10-13(18)3/h4-6,12-13H,7-10H2,1-3H3,(H,17,20)/t12-,13-/m0/s1. The molecule has 1 aromatic rings. The number of aryl methyl sites for hydroxylation is 1. The molecule has 0 spiro atoms. The van der Waals surface area contributed by atoms with Gasteiger partial charge in [-0.2, -0.15) is 0 Å². The lowest BCUT2D eigenvalue weighted by Gasteiger charge is -2.37. The van der Waals surface area contributed by atoms with E-state index in [1.807, 2.05) is 6.92 Å². The summed E-state index contributed by atoms with van der Waals surface area (Å²) in [4.78, 5) is 25.3. The van der Waals surface area contributed by atoms with E-state index in [2.05, 4.69) is 17.1 Å². The van der Waals surface area contributed by atoms with Gasteiger partial charge in [0.2, 0.25) is 0 Å². The van der Waals surface area contributed by atoms with Gasteiger partial charge in [0.15, 0.2) is 0 Å². The zero-order chi connectivity index (χ0) is 17.0. The second-order valence-electron chi connectivity index (χ2n) is 5.95. The zero-order valence-electron chi connectivity index (χ0n) is 13.7. The molecule has 0 radical (unpaired) electrons. The van der Waals surface area contributed by atoms with Crippen molar-refractivity contribution in [3.63, 3.8) is 0 Å². The van der Waals surface area contributed by atoms with E-state index in [4.69, 9.17) is 4.74 Å². The van der Waals surface area contributed by atoms with Crippen LogP contribution in [-0.2, 0) is 4.74 Å². The number of carbonyl (C=O) groups is 1. The summed E-state index contributed by atoms with van der Waals surface area (Å²) in [5.74, 6) is -0.409. The Morgan fingerprint density at radius 2 is 2.30 bits per heavy atom. The fraction of sp³-hybridized carbons (Fsp3) is 0.562. The number of nitrogens with zero attached hydrogens (tertiary/aromatic N) is 2. The Labute approximate surface area is 135 Å². The molecular formula is C16H23N3O4. The maximum Gasteiger partial charge on any atom is 0.285 e. The van der Waals surface area contributed by atoms with Gasteiger partial charge in [0.1, 0.15) is 5.56 Å². The zero-order valence-corrected chi connectivity index (χ0v) is 13.7. The lowest BCUT2D eigenvalue weighted by atomic mass is 10.1. The Bertz CT molecular complexity index is 591. The van der Waals surface area contributed by atoms with Crippen molar-refractivity contribution in [2.24, 2.45) is 0 Å². The highest BCUT2D eigenvalue weighted by molar-refractivity contribution is 5.98. The molecule has 1 heterocycles. The van der Waals surface area contributed by atoms with Crippen molar-refractivity contribution in [2.45, 2.75) is 32.9 Å². The van der Waals surface area contributed by atoms with Gasteiger partial charge in [-0.15, -0.1) is 0 Å². The summed E-state index contributed by atoms with van der Waals surface area (Å²) in [6, 6.07) is 5.21. The molecule has 1 amide bonds. The maximum absolute atomic E-state index is 12.3. The van der Waals surface area contributed by atoms with E-state index >= 15 is 0 Å². The summed E-state index contributed by atoms with van der Waals surface area (Å²) >= 11 is 0. The molecule has 126 valence electrons. The number of ether oxygens (including phenoxy) is 1. The summed E-state index contributed by atoms with van der Waals surface area (Å²) in [5.41, 5.74) is 0.465. The molecule has 0 saturated carbocycles. The number of nitro groups is 1. The molecule has 1 saturated heterocycles. The van der Waals surface area contributed by atoms with Crippen LogP contribution in [0.15, 0.2) is 18.2 Å². The Hall–Kier alpha value is -1.99. The third-order valence-corrected chi connectivity index (χ3v) is 4.21. The minimum atomic E-state index is -0.502. The molecule has 1 N–H and O–H groups in total. The molecule has 7 nitrogen and oxygen atoms in total. The van der Waals surface area contributed by atoms with Gasteiger partial charge in [0.25, 0.3) is 11.6 Å². The number of benzene rings is 1. The largest absolute Gasteiger partial charge is 0.379 e. The van der Waals surface area contributed by atoms with Crippen molar-refractivity contribution in [2.75, 3.05) is 26.3 Å². The highest BCUT2D eigenvalue weighted by Gasteiger charge is 2.26. The van der Waals surface area contributed by atoms with Gasteiger partial charge >= 0.3 is 0 Å². The van der Waals surface area contributed by atoms with Gasteiger partial charge in [-0.1, -0.05) is 12.1 Å². The van der Waals surface area contributed by atoms with Crippen LogP contribution in [0.4, 0.5) is 5.69 Å². The van der Waals surface area contributed by atoms with Crippen molar-refractivity contribution in [1.82, 2.24) is 10.2 Å². The van der Waals surface area contributed by atoms with Crippen LogP contribution in [0.5, 0.6) is 0 Å². The number of carbonyl (C=O) groups excluding carboxylic acids is 1. The van der Waals surface area contributed by atoms with Crippen LogP contribution in [-0.4, -0.2) is 54.1 Å². The fourth-order valence-corrected chi connectivity index (χ4v) is 2.93. The van der Waals surface area contributed by atoms with Crippen LogP contribution < -0.4 is 5.32 Å². The van der Waals surface area contributed by atoms with Crippen LogP contribution in [0.1, 0.15) is 29.8 Å². The quantitative estimate of drug-likeness (QED) is 0.659. The average molecular weight is 321 g/mol. The summed E-state index contributed by atoms with van der Waals surface area (Å²) in [6.45, 7) is 8.38. The van der Waals surface area contributed by atoms with Gasteiger partial charge in [-0.25, -0.2) is 0 Å². The molecule has 1 aliphatic rings. The Morgan fingerprint density at radius 1 is 1.57 bits per heavy atom. The molecule has 7 heteroatoms. The van der Waals surface area contributed by atoms with Crippen molar-refractivity contribution in [1.29, 1.82) is 0 Å². The van der Waals surface area contributed by atoms with Crippen LogP contribution >= 0.6 is 0 Å². The van der Waals surface area contributed by atoms with Crippen LogP contribution in [0, 0.1) is 17.0 Å². The molecular weight excluding hydrogens is 298 g/mol. The smallest absolute Gasteiger partial charge is 0.285 e. The molecule has 0 unspecified atom stereocenters. The first-order chi connectivity index (χ1) is 10.9. The van der Waals surface area contributed by atoms with E-state index < -0.39 is 10.8 Å². The maximum atomic E-state index is 12.3. The number of hydrogen-bond acceptors (Lipinski definition) is 5. The van der Waals surface area contributed by atoms with E-state index in [-0.39, 0.29) is 17.3 Å². The molecule has 0 bridgehead atoms. The lowest BCUT2D eigenvalue weighted by Crippen LogP contribution is -2.51. The lowest BCUT2D eigenvalue weighted by molar-refractivity contribution is -0.385.